The normalized spacial score (nSPS) is 16.5. The van der Waals surface area contributed by atoms with Crippen molar-refractivity contribution < 1.29 is 8.42 Å². The predicted molar refractivity (Wildman–Crippen MR) is 104 cm³/mol. The molecule has 1 aliphatic rings. The summed E-state index contributed by atoms with van der Waals surface area (Å²) in [5, 5.41) is 1.46. The van der Waals surface area contributed by atoms with Crippen LogP contribution in [-0.4, -0.2) is 25.7 Å². The van der Waals surface area contributed by atoms with Gasteiger partial charge in [-0.3, -0.25) is 0 Å². The zero-order valence-electron chi connectivity index (χ0n) is 13.1. The lowest BCUT2D eigenvalue weighted by atomic mass is 10.2. The van der Waals surface area contributed by atoms with Gasteiger partial charge in [-0.1, -0.05) is 45.7 Å². The minimum atomic E-state index is -3.29. The number of hydrogen-bond acceptors (Lipinski definition) is 4. The molecule has 0 atom stereocenters. The molecule has 7 heteroatoms. The first-order valence-corrected chi connectivity index (χ1v) is 10.6. The Hall–Kier alpha value is -1.63. The van der Waals surface area contributed by atoms with Crippen LogP contribution in [0.3, 0.4) is 0 Å². The van der Waals surface area contributed by atoms with Gasteiger partial charge in [0.25, 0.3) is 0 Å². The molecule has 2 aromatic carbocycles. The molecule has 0 bridgehead atoms. The highest BCUT2D eigenvalue weighted by atomic mass is 79.9. The molecule has 0 aliphatic carbocycles. The van der Waals surface area contributed by atoms with Crippen molar-refractivity contribution in [3.05, 3.63) is 63.6 Å². The molecule has 1 aliphatic heterocycles. The fourth-order valence-corrected chi connectivity index (χ4v) is 5.17. The Morgan fingerprint density at radius 1 is 1.12 bits per heavy atom. The van der Waals surface area contributed by atoms with Crippen molar-refractivity contribution in [3.63, 3.8) is 0 Å². The maximum Gasteiger partial charge on any atom is 0.180 e. The highest BCUT2D eigenvalue weighted by Crippen LogP contribution is 2.31. The van der Waals surface area contributed by atoms with E-state index in [0.717, 1.165) is 20.9 Å². The average Bonchev–Trinajstić information content (AvgIpc) is 2.72. The van der Waals surface area contributed by atoms with Gasteiger partial charge in [-0.15, -0.1) is 0 Å². The Kier molecular flexibility index (Phi) is 4.22. The highest BCUT2D eigenvalue weighted by molar-refractivity contribution is 9.10. The van der Waals surface area contributed by atoms with Crippen LogP contribution in [0.2, 0.25) is 5.02 Å². The molecule has 25 heavy (non-hydrogen) atoms. The van der Waals surface area contributed by atoms with Gasteiger partial charge >= 0.3 is 0 Å². The number of aromatic nitrogens is 1. The molecule has 0 saturated heterocycles. The van der Waals surface area contributed by atoms with Gasteiger partial charge in [0, 0.05) is 22.9 Å². The van der Waals surface area contributed by atoms with Crippen LogP contribution in [0.5, 0.6) is 0 Å². The van der Waals surface area contributed by atoms with Crippen LogP contribution in [-0.2, 0) is 16.4 Å². The molecule has 4 nitrogen and oxygen atoms in total. The lowest BCUT2D eigenvalue weighted by Crippen LogP contribution is -2.26. The second kappa shape index (κ2) is 6.27. The number of rotatable bonds is 1. The molecule has 0 spiro atoms. The van der Waals surface area contributed by atoms with Crippen molar-refractivity contribution in [1.29, 1.82) is 0 Å². The summed E-state index contributed by atoms with van der Waals surface area (Å²) in [7, 11) is -3.29. The molecule has 128 valence electrons. The minimum absolute atomic E-state index is 0.0572. The zero-order valence-corrected chi connectivity index (χ0v) is 16.3. The molecule has 0 N–H and O–H groups in total. The van der Waals surface area contributed by atoms with Gasteiger partial charge in [-0.2, -0.15) is 0 Å². The number of benzene rings is 2. The highest BCUT2D eigenvalue weighted by Gasteiger charge is 2.26. The Bertz CT molecular complexity index is 1090. The minimum Gasteiger partial charge on any atom is -0.351 e. The second-order valence-electron chi connectivity index (χ2n) is 5.97. The van der Waals surface area contributed by atoms with Gasteiger partial charge in [0.05, 0.1) is 21.2 Å². The first kappa shape index (κ1) is 16.8. The van der Waals surface area contributed by atoms with Gasteiger partial charge in [0.1, 0.15) is 5.82 Å². The standard InChI is InChI=1S/C18H14BrClN2O2S/c19-13-5-6-16-14(9-13)15(20)10-18(21-16)22-7-8-25(23,24)17-4-2-1-3-12(17)11-22/h1-6,9-10H,7-8,11H2. The number of anilines is 1. The van der Waals surface area contributed by atoms with Crippen LogP contribution < -0.4 is 4.90 Å². The van der Waals surface area contributed by atoms with Gasteiger partial charge in [0.15, 0.2) is 9.84 Å². The van der Waals surface area contributed by atoms with E-state index in [1.165, 1.54) is 0 Å². The van der Waals surface area contributed by atoms with E-state index in [1.807, 2.05) is 35.2 Å². The second-order valence-corrected chi connectivity index (χ2v) is 9.37. The van der Waals surface area contributed by atoms with Gasteiger partial charge in [0.2, 0.25) is 0 Å². The van der Waals surface area contributed by atoms with E-state index < -0.39 is 9.84 Å². The van der Waals surface area contributed by atoms with Crippen molar-refractivity contribution >= 4 is 54.1 Å². The first-order chi connectivity index (χ1) is 11.9. The number of hydrogen-bond donors (Lipinski definition) is 0. The molecule has 4 rings (SSSR count). The Balaban J connectivity index is 1.81. The molecule has 1 aromatic heterocycles. The van der Waals surface area contributed by atoms with E-state index in [4.69, 9.17) is 11.6 Å². The summed E-state index contributed by atoms with van der Waals surface area (Å²) in [6.07, 6.45) is 0. The fourth-order valence-electron chi connectivity index (χ4n) is 3.06. The lowest BCUT2D eigenvalue weighted by Gasteiger charge is -2.22. The van der Waals surface area contributed by atoms with E-state index in [9.17, 15) is 8.42 Å². The fraction of sp³-hybridized carbons (Fsp3) is 0.167. The van der Waals surface area contributed by atoms with Crippen LogP contribution in [0.15, 0.2) is 57.9 Å². The molecule has 0 saturated carbocycles. The van der Waals surface area contributed by atoms with Gasteiger partial charge in [-0.25, -0.2) is 13.4 Å². The first-order valence-electron chi connectivity index (χ1n) is 7.75. The predicted octanol–water partition coefficient (Wildman–Crippen LogP) is 4.44. The number of fused-ring (bicyclic) bond motifs is 2. The Morgan fingerprint density at radius 3 is 2.76 bits per heavy atom. The number of nitrogens with zero attached hydrogens (tertiary/aromatic N) is 2. The third kappa shape index (κ3) is 3.14. The number of pyridine rings is 1. The van der Waals surface area contributed by atoms with Crippen molar-refractivity contribution in [2.45, 2.75) is 11.4 Å². The number of halogens is 2. The quantitative estimate of drug-likeness (QED) is 0.564. The van der Waals surface area contributed by atoms with E-state index >= 15 is 0 Å². The SMILES string of the molecule is O=S1(=O)CCN(c2cc(Cl)c3cc(Br)ccc3n2)Cc2ccccc21. The molecular weight excluding hydrogens is 424 g/mol. The van der Waals surface area contributed by atoms with Gasteiger partial charge < -0.3 is 4.90 Å². The number of sulfone groups is 1. The molecule has 0 fully saturated rings. The molecule has 0 radical (unpaired) electrons. The molecule has 0 amide bonds. The maximum atomic E-state index is 12.5. The van der Waals surface area contributed by atoms with Crippen LogP contribution in [0.25, 0.3) is 10.9 Å². The molecule has 3 aromatic rings. The summed E-state index contributed by atoms with van der Waals surface area (Å²) in [6, 6.07) is 14.7. The lowest BCUT2D eigenvalue weighted by molar-refractivity contribution is 0.596. The monoisotopic (exact) mass is 436 g/mol. The van der Waals surface area contributed by atoms with E-state index in [1.54, 1.807) is 18.2 Å². The largest absolute Gasteiger partial charge is 0.351 e. The van der Waals surface area contributed by atoms with E-state index in [2.05, 4.69) is 20.9 Å². The Labute approximate surface area is 159 Å². The van der Waals surface area contributed by atoms with Crippen LogP contribution >= 0.6 is 27.5 Å². The van der Waals surface area contributed by atoms with Crippen molar-refractivity contribution in [1.82, 2.24) is 4.98 Å². The third-order valence-corrected chi connectivity index (χ3v) is 6.92. The smallest absolute Gasteiger partial charge is 0.180 e. The molecular formula is C18H14BrClN2O2S. The van der Waals surface area contributed by atoms with Crippen molar-refractivity contribution in [2.24, 2.45) is 0 Å². The maximum absolute atomic E-state index is 12.5. The topological polar surface area (TPSA) is 50.3 Å². The van der Waals surface area contributed by atoms with E-state index in [-0.39, 0.29) is 5.75 Å². The summed E-state index contributed by atoms with van der Waals surface area (Å²) >= 11 is 9.88. The summed E-state index contributed by atoms with van der Waals surface area (Å²) in [5.74, 6) is 0.744. The zero-order chi connectivity index (χ0) is 17.6. The average molecular weight is 438 g/mol. The molecule has 2 heterocycles. The summed E-state index contributed by atoms with van der Waals surface area (Å²) < 4.78 is 26.0. The van der Waals surface area contributed by atoms with Crippen molar-refractivity contribution in [3.8, 4) is 0 Å². The van der Waals surface area contributed by atoms with Crippen LogP contribution in [0, 0.1) is 0 Å². The van der Waals surface area contributed by atoms with Gasteiger partial charge in [-0.05, 0) is 35.9 Å². The van der Waals surface area contributed by atoms with Crippen molar-refractivity contribution in [2.75, 3.05) is 17.2 Å². The van der Waals surface area contributed by atoms with E-state index in [0.29, 0.717) is 28.8 Å². The third-order valence-electron chi connectivity index (χ3n) is 4.33. The summed E-state index contributed by atoms with van der Waals surface area (Å²) in [6.45, 7) is 0.864. The molecule has 0 unspecified atom stereocenters. The summed E-state index contributed by atoms with van der Waals surface area (Å²) in [4.78, 5) is 7.07. The van der Waals surface area contributed by atoms with Crippen LogP contribution in [0.1, 0.15) is 5.56 Å². The Morgan fingerprint density at radius 2 is 1.92 bits per heavy atom. The van der Waals surface area contributed by atoms with Crippen LogP contribution in [0.4, 0.5) is 5.82 Å². The summed E-state index contributed by atoms with van der Waals surface area (Å²) in [5.41, 5.74) is 1.57.